The molecule has 1 fully saturated rings. The van der Waals surface area contributed by atoms with E-state index in [4.69, 9.17) is 28.9 Å². The lowest BCUT2D eigenvalue weighted by molar-refractivity contribution is -0.384. The van der Waals surface area contributed by atoms with Gasteiger partial charge in [-0.3, -0.25) is 15.0 Å². The van der Waals surface area contributed by atoms with Crippen LogP contribution >= 0.6 is 0 Å². The number of nitro groups is 1. The fraction of sp³-hybridized carbons (Fsp3) is 0.554. The maximum absolute atomic E-state index is 14.3. The number of aliphatic hydroxyl groups excluding tert-OH is 2. The lowest BCUT2D eigenvalue weighted by Crippen LogP contribution is -2.70. The van der Waals surface area contributed by atoms with Crippen molar-refractivity contribution >= 4 is 23.6 Å². The molecule has 1 aliphatic heterocycles. The number of amides is 2. The zero-order chi connectivity index (χ0) is 51.3. The van der Waals surface area contributed by atoms with Gasteiger partial charge in [0.2, 0.25) is 5.79 Å². The number of nitrogens with zero attached hydrogens (tertiary/aromatic N) is 3. The minimum atomic E-state index is -1.62. The Morgan fingerprint density at radius 2 is 1.58 bits per heavy atom. The Balaban J connectivity index is 1.42. The van der Waals surface area contributed by atoms with Gasteiger partial charge in [-0.05, 0) is 103 Å². The molecule has 1 heterocycles. The third kappa shape index (κ3) is 14.7. The first-order chi connectivity index (χ1) is 35.1. The first-order valence-corrected chi connectivity index (χ1v) is 26.1. The first kappa shape index (κ1) is 55.5. The summed E-state index contributed by atoms with van der Waals surface area (Å²) in [6.07, 6.45) is 18.4. The number of hydrogen-bond donors (Lipinski definition) is 3. The van der Waals surface area contributed by atoms with Gasteiger partial charge < -0.3 is 39.3 Å². The second-order valence-corrected chi connectivity index (χ2v) is 19.2. The van der Waals surface area contributed by atoms with Crippen LogP contribution in [0, 0.1) is 33.7 Å². The molecule has 2 aliphatic carbocycles. The molecule has 72 heavy (non-hydrogen) atoms. The van der Waals surface area contributed by atoms with Gasteiger partial charge in [0.25, 0.3) is 5.69 Å². The van der Waals surface area contributed by atoms with Crippen molar-refractivity contribution in [2.45, 2.75) is 147 Å². The largest absolute Gasteiger partial charge is 0.459 e. The van der Waals surface area contributed by atoms with Crippen LogP contribution in [0.4, 0.5) is 19.7 Å². The fourth-order valence-corrected chi connectivity index (χ4v) is 10.8. The maximum Gasteiger partial charge on any atom is 0.412 e. The average molecular weight is 999 g/mol. The van der Waals surface area contributed by atoms with E-state index in [-0.39, 0.29) is 56.9 Å². The predicted octanol–water partition coefficient (Wildman–Crippen LogP) is 11.8. The fourth-order valence-electron chi connectivity index (χ4n) is 10.8. The van der Waals surface area contributed by atoms with Crippen molar-refractivity contribution in [3.8, 4) is 11.5 Å². The standard InChI is InChI=1S/C56H75FN4O11/c1-4-6-7-8-9-10-11-12-13-16-31-58-54(64)71-45-29-30-50-48(36-45)52-46(20-15-18-33-63)42(19-14-17-32-62)35-47-49(59-70-39-41-23-27-44(28-24-41)61(66)67)37-51(56(72-50,53(47)52)69-34-5-2)60(55(65)68-3)38-40-21-25-43(57)26-22-40/h5,21-30,35-36,42,46,51-53,62-63H,2,4,6-20,31-34,37-39H2,1,3H3,(H,58,64). The number of unbranched alkanes of at least 4 members (excludes halogenated alkanes) is 11. The highest BCUT2D eigenvalue weighted by atomic mass is 19.1. The van der Waals surface area contributed by atoms with Crippen molar-refractivity contribution < 1.29 is 52.9 Å². The number of oxime groups is 1. The van der Waals surface area contributed by atoms with E-state index >= 15 is 0 Å². The number of carbonyl (C=O) groups excluding carboxylic acids is 2. The molecule has 15 nitrogen and oxygen atoms in total. The summed E-state index contributed by atoms with van der Waals surface area (Å²) < 4.78 is 40.1. The van der Waals surface area contributed by atoms with Crippen LogP contribution in [0.2, 0.25) is 0 Å². The van der Waals surface area contributed by atoms with Crippen LogP contribution in [-0.2, 0) is 27.5 Å². The van der Waals surface area contributed by atoms with Crippen LogP contribution in [0.5, 0.6) is 11.5 Å². The van der Waals surface area contributed by atoms with Gasteiger partial charge in [-0.25, -0.2) is 14.0 Å². The van der Waals surface area contributed by atoms with Gasteiger partial charge in [0.15, 0.2) is 0 Å². The van der Waals surface area contributed by atoms with Crippen LogP contribution in [0.25, 0.3) is 0 Å². The van der Waals surface area contributed by atoms with Gasteiger partial charge in [-0.2, -0.15) is 0 Å². The molecule has 16 heteroatoms. The Labute approximate surface area is 423 Å². The molecule has 6 atom stereocenters. The lowest BCUT2D eigenvalue weighted by atomic mass is 9.55. The second kappa shape index (κ2) is 28.4. The number of ether oxygens (including phenoxy) is 4. The third-order valence-corrected chi connectivity index (χ3v) is 14.3. The summed E-state index contributed by atoms with van der Waals surface area (Å²) in [6.45, 7) is 6.72. The normalized spacial score (nSPS) is 21.4. The zero-order valence-electron chi connectivity index (χ0n) is 42.2. The Kier molecular flexibility index (Phi) is 21.9. The SMILES string of the molecule is C=CCOC12Oc3ccc(OC(=O)NCCCCCCCCCCCC)cc3C3C(CCCCO)C(CCCCO)C=C(C(=NOCc4ccc([N+](=O)[O-])cc4)CC1N(Cc1ccc(F)cc1)C(=O)OC)C32. The molecule has 3 N–H and O–H groups in total. The van der Waals surface area contributed by atoms with E-state index in [1.54, 1.807) is 42.5 Å². The molecule has 0 radical (unpaired) electrons. The van der Waals surface area contributed by atoms with E-state index in [0.29, 0.717) is 67.0 Å². The van der Waals surface area contributed by atoms with E-state index < -0.39 is 46.6 Å². The summed E-state index contributed by atoms with van der Waals surface area (Å²) in [7, 11) is 1.29. The number of carbonyl (C=O) groups is 2. The van der Waals surface area contributed by atoms with E-state index in [2.05, 4.69) is 24.9 Å². The summed E-state index contributed by atoms with van der Waals surface area (Å²) in [5, 5.41) is 39.1. The number of methoxy groups -OCH3 is 1. The summed E-state index contributed by atoms with van der Waals surface area (Å²) in [6, 6.07) is 16.2. The first-order valence-electron chi connectivity index (χ1n) is 26.1. The number of halogens is 1. The number of hydrogen-bond acceptors (Lipinski definition) is 12. The number of aliphatic hydroxyl groups is 2. The van der Waals surface area contributed by atoms with Gasteiger partial charge in [0, 0.05) is 56.3 Å². The van der Waals surface area contributed by atoms with E-state index in [0.717, 1.165) is 36.8 Å². The van der Waals surface area contributed by atoms with Crippen LogP contribution < -0.4 is 14.8 Å². The summed E-state index contributed by atoms with van der Waals surface area (Å²) >= 11 is 0. The molecule has 392 valence electrons. The quantitative estimate of drug-likeness (QED) is 0.0249. The van der Waals surface area contributed by atoms with Gasteiger partial charge in [0.1, 0.15) is 30.0 Å². The number of benzene rings is 3. The second-order valence-electron chi connectivity index (χ2n) is 19.2. The van der Waals surface area contributed by atoms with Crippen molar-refractivity contribution in [2.75, 3.05) is 33.5 Å². The molecule has 1 saturated carbocycles. The molecule has 0 spiro atoms. The molecule has 0 bridgehead atoms. The predicted molar refractivity (Wildman–Crippen MR) is 273 cm³/mol. The molecule has 6 rings (SSSR count). The minimum Gasteiger partial charge on any atom is -0.459 e. The van der Waals surface area contributed by atoms with Crippen molar-refractivity contribution in [1.29, 1.82) is 0 Å². The van der Waals surface area contributed by atoms with Gasteiger partial charge in [0.05, 0.1) is 30.3 Å². The van der Waals surface area contributed by atoms with Gasteiger partial charge >= 0.3 is 12.2 Å². The number of allylic oxidation sites excluding steroid dienone is 1. The van der Waals surface area contributed by atoms with Crippen LogP contribution in [-0.4, -0.2) is 83.2 Å². The summed E-state index contributed by atoms with van der Waals surface area (Å²) in [5.41, 5.74) is 3.24. The lowest BCUT2D eigenvalue weighted by Gasteiger charge is -2.59. The van der Waals surface area contributed by atoms with E-state index in [1.165, 1.54) is 81.2 Å². The Hall–Kier alpha value is -5.84. The van der Waals surface area contributed by atoms with Gasteiger partial charge in [-0.1, -0.05) is 107 Å². The smallest absolute Gasteiger partial charge is 0.412 e. The molecule has 2 amide bonds. The monoisotopic (exact) mass is 999 g/mol. The zero-order valence-corrected chi connectivity index (χ0v) is 42.2. The van der Waals surface area contributed by atoms with Gasteiger partial charge in [-0.15, -0.1) is 6.58 Å². The van der Waals surface area contributed by atoms with E-state index in [9.17, 15) is 34.3 Å². The van der Waals surface area contributed by atoms with Crippen LogP contribution in [0.1, 0.15) is 139 Å². The minimum absolute atomic E-state index is 0.0118. The molecule has 3 aromatic carbocycles. The highest BCUT2D eigenvalue weighted by Gasteiger charge is 2.65. The molecule has 0 saturated heterocycles. The van der Waals surface area contributed by atoms with Crippen LogP contribution in [0.15, 0.2) is 96.2 Å². The number of non-ortho nitro benzene ring substituents is 1. The van der Waals surface area contributed by atoms with Crippen molar-refractivity contribution in [3.05, 3.63) is 124 Å². The van der Waals surface area contributed by atoms with E-state index in [1.807, 2.05) is 6.07 Å². The van der Waals surface area contributed by atoms with Crippen LogP contribution in [0.3, 0.4) is 0 Å². The highest BCUT2D eigenvalue weighted by Crippen LogP contribution is 2.62. The maximum atomic E-state index is 14.3. The Morgan fingerprint density at radius 1 is 0.917 bits per heavy atom. The van der Waals surface area contributed by atoms with Crippen molar-refractivity contribution in [3.63, 3.8) is 0 Å². The number of rotatable bonds is 30. The molecule has 3 aliphatic rings. The Morgan fingerprint density at radius 3 is 2.24 bits per heavy atom. The third-order valence-electron chi connectivity index (χ3n) is 14.3. The molecule has 0 aromatic heterocycles. The topological polar surface area (TPSA) is 192 Å². The molecular formula is C56H75FN4O11. The molecule has 3 aromatic rings. The molecule has 6 unspecified atom stereocenters. The highest BCUT2D eigenvalue weighted by molar-refractivity contribution is 6.03. The van der Waals surface area contributed by atoms with Crippen molar-refractivity contribution in [1.82, 2.24) is 10.2 Å². The molecular weight excluding hydrogens is 924 g/mol. The summed E-state index contributed by atoms with van der Waals surface area (Å²) in [4.78, 5) is 46.2. The van der Waals surface area contributed by atoms with Crippen molar-refractivity contribution in [2.24, 2.45) is 22.9 Å². The number of fused-ring (bicyclic) bond motifs is 2. The number of nitrogens with one attached hydrogen (secondary N) is 1. The number of nitro benzene ring substituents is 1. The average Bonchev–Trinajstić information content (AvgIpc) is 3.38. The summed E-state index contributed by atoms with van der Waals surface area (Å²) in [5.74, 6) is -2.55. The Bertz CT molecular complexity index is 2270.